The van der Waals surface area contributed by atoms with E-state index in [9.17, 15) is 18.0 Å². The molecular weight excluding hydrogens is 410 g/mol. The van der Waals surface area contributed by atoms with Crippen molar-refractivity contribution in [2.24, 2.45) is 0 Å². The Labute approximate surface area is 165 Å². The second-order valence-electron chi connectivity index (χ2n) is 6.41. The fraction of sp³-hybridized carbons (Fsp3) is 0.375. The molecule has 2 aromatic heterocycles. The van der Waals surface area contributed by atoms with E-state index in [0.717, 1.165) is 10.8 Å². The first-order valence-corrected chi connectivity index (χ1v) is 10.5. The molecule has 0 saturated carbocycles. The van der Waals surface area contributed by atoms with E-state index < -0.39 is 34.1 Å². The van der Waals surface area contributed by atoms with Crippen LogP contribution < -0.4 is 10.9 Å². The maximum absolute atomic E-state index is 12.6. The van der Waals surface area contributed by atoms with Crippen LogP contribution in [0.5, 0.6) is 0 Å². The average Bonchev–Trinajstić information content (AvgIpc) is 3.06. The summed E-state index contributed by atoms with van der Waals surface area (Å²) >= 11 is 5.88. The number of nitrogens with one attached hydrogen (secondary N) is 1. The van der Waals surface area contributed by atoms with Gasteiger partial charge in [-0.25, -0.2) is 13.4 Å². The first kappa shape index (κ1) is 20.2. The summed E-state index contributed by atoms with van der Waals surface area (Å²) in [7, 11) is -3.45. The van der Waals surface area contributed by atoms with Crippen LogP contribution in [0.2, 0.25) is 5.15 Å². The molecule has 12 heteroatoms. The van der Waals surface area contributed by atoms with Crippen molar-refractivity contribution < 1.29 is 18.3 Å². The molecule has 2 atom stereocenters. The molecule has 1 saturated heterocycles. The molecule has 3 heterocycles. The highest BCUT2D eigenvalue weighted by molar-refractivity contribution is 7.88. The van der Waals surface area contributed by atoms with E-state index in [-0.39, 0.29) is 30.0 Å². The van der Waals surface area contributed by atoms with Crippen LogP contribution in [-0.2, 0) is 21.4 Å². The van der Waals surface area contributed by atoms with Gasteiger partial charge in [-0.1, -0.05) is 17.7 Å². The van der Waals surface area contributed by atoms with Gasteiger partial charge in [0.15, 0.2) is 5.82 Å². The van der Waals surface area contributed by atoms with Gasteiger partial charge in [0, 0.05) is 30.9 Å². The third-order valence-electron chi connectivity index (χ3n) is 4.44. The zero-order valence-corrected chi connectivity index (χ0v) is 16.4. The fourth-order valence-corrected chi connectivity index (χ4v) is 4.15. The normalized spacial score (nSPS) is 20.2. The minimum atomic E-state index is -3.45. The summed E-state index contributed by atoms with van der Waals surface area (Å²) in [5.41, 5.74) is -0.0292. The predicted octanol–water partition coefficient (Wildman–Crippen LogP) is 0.216. The van der Waals surface area contributed by atoms with Crippen LogP contribution >= 0.6 is 11.6 Å². The Hall–Kier alpha value is -2.50. The van der Waals surface area contributed by atoms with E-state index in [1.807, 2.05) is 0 Å². The van der Waals surface area contributed by atoms with Crippen molar-refractivity contribution in [2.45, 2.75) is 18.5 Å². The smallest absolute Gasteiger partial charge is 0.323 e. The first-order valence-electron chi connectivity index (χ1n) is 8.26. The molecular formula is C16H18ClN5O5S. The van der Waals surface area contributed by atoms with Crippen molar-refractivity contribution in [1.82, 2.24) is 18.8 Å². The van der Waals surface area contributed by atoms with Gasteiger partial charge in [0.2, 0.25) is 10.0 Å². The van der Waals surface area contributed by atoms with Crippen molar-refractivity contribution in [2.75, 3.05) is 24.7 Å². The number of pyridine rings is 1. The second-order valence-corrected chi connectivity index (χ2v) is 8.78. The van der Waals surface area contributed by atoms with E-state index in [1.165, 1.54) is 10.5 Å². The number of carboxylic acids is 1. The van der Waals surface area contributed by atoms with Crippen LogP contribution in [0.4, 0.5) is 5.82 Å². The van der Waals surface area contributed by atoms with Crippen LogP contribution in [0, 0.1) is 0 Å². The summed E-state index contributed by atoms with van der Waals surface area (Å²) in [4.78, 5) is 31.8. The van der Waals surface area contributed by atoms with Gasteiger partial charge in [-0.15, -0.1) is 0 Å². The number of hydrogen-bond acceptors (Lipinski definition) is 7. The standard InChI is InChI=1S/C16H18ClN5O5S/c1-28(26,27)21-7-10(11-4-2-3-5-18-11)12(8-21)20-15-16(25)22(9-14(23)24)13(17)6-19-15/h2-6,10,12H,7-9H2,1H3,(H,19,20)(H,23,24)/t10-,12+/m0/s1. The number of carbonyl (C=O) groups is 1. The Bertz CT molecular complexity index is 1040. The third kappa shape index (κ3) is 4.32. The van der Waals surface area contributed by atoms with E-state index >= 15 is 0 Å². The van der Waals surface area contributed by atoms with Crippen molar-refractivity contribution in [3.8, 4) is 0 Å². The summed E-state index contributed by atoms with van der Waals surface area (Å²) in [6, 6.07) is 4.84. The number of aromatic nitrogens is 3. The minimum absolute atomic E-state index is 0.105. The third-order valence-corrected chi connectivity index (χ3v) is 5.98. The number of aliphatic carboxylic acids is 1. The molecule has 28 heavy (non-hydrogen) atoms. The van der Waals surface area contributed by atoms with Gasteiger partial charge in [-0.05, 0) is 12.1 Å². The van der Waals surface area contributed by atoms with Gasteiger partial charge in [-0.2, -0.15) is 4.31 Å². The van der Waals surface area contributed by atoms with Crippen LogP contribution in [0.25, 0.3) is 0 Å². The maximum Gasteiger partial charge on any atom is 0.323 e. The minimum Gasteiger partial charge on any atom is -0.480 e. The second kappa shape index (κ2) is 7.86. The Balaban J connectivity index is 1.95. The lowest BCUT2D eigenvalue weighted by atomic mass is 9.99. The van der Waals surface area contributed by atoms with Gasteiger partial charge >= 0.3 is 5.97 Å². The Morgan fingerprint density at radius 1 is 1.36 bits per heavy atom. The molecule has 10 nitrogen and oxygen atoms in total. The number of anilines is 1. The fourth-order valence-electron chi connectivity index (χ4n) is 3.10. The van der Waals surface area contributed by atoms with E-state index in [4.69, 9.17) is 16.7 Å². The number of carboxylic acid groups (broad SMARTS) is 1. The monoisotopic (exact) mass is 427 g/mol. The number of halogens is 1. The van der Waals surface area contributed by atoms with Crippen LogP contribution in [0.1, 0.15) is 11.6 Å². The van der Waals surface area contributed by atoms with Crippen LogP contribution in [0.3, 0.4) is 0 Å². The molecule has 0 aromatic carbocycles. The number of rotatable bonds is 6. The van der Waals surface area contributed by atoms with Crippen LogP contribution in [-0.4, -0.2) is 63.7 Å². The van der Waals surface area contributed by atoms with Gasteiger partial charge in [0.05, 0.1) is 18.5 Å². The lowest BCUT2D eigenvalue weighted by molar-refractivity contribution is -0.137. The van der Waals surface area contributed by atoms with Gasteiger partial charge in [0.1, 0.15) is 11.7 Å². The lowest BCUT2D eigenvalue weighted by Gasteiger charge is -2.20. The topological polar surface area (TPSA) is 134 Å². The molecule has 1 aliphatic rings. The highest BCUT2D eigenvalue weighted by Gasteiger charge is 2.39. The Morgan fingerprint density at radius 2 is 2.11 bits per heavy atom. The molecule has 0 radical (unpaired) electrons. The molecule has 3 rings (SSSR count). The molecule has 1 fully saturated rings. The Kier molecular flexibility index (Phi) is 5.68. The van der Waals surface area contributed by atoms with Gasteiger partial charge in [0.25, 0.3) is 5.56 Å². The molecule has 1 aliphatic heterocycles. The zero-order valence-electron chi connectivity index (χ0n) is 14.8. The van der Waals surface area contributed by atoms with Crippen LogP contribution in [0.15, 0.2) is 35.4 Å². The summed E-state index contributed by atoms with van der Waals surface area (Å²) < 4.78 is 26.2. The average molecular weight is 428 g/mol. The lowest BCUT2D eigenvalue weighted by Crippen LogP contribution is -2.35. The number of nitrogens with zero attached hydrogens (tertiary/aromatic N) is 4. The van der Waals surface area contributed by atoms with E-state index in [1.54, 1.807) is 24.4 Å². The maximum atomic E-state index is 12.6. The van der Waals surface area contributed by atoms with Gasteiger partial charge in [-0.3, -0.25) is 19.1 Å². The molecule has 2 N–H and O–H groups in total. The largest absolute Gasteiger partial charge is 0.480 e. The molecule has 150 valence electrons. The summed E-state index contributed by atoms with van der Waals surface area (Å²) in [6.45, 7) is -0.300. The SMILES string of the molecule is CS(=O)(=O)N1C[C@@H](Nc2ncc(Cl)n(CC(=O)O)c2=O)[C@H](c2ccccn2)C1. The molecule has 2 aromatic rings. The van der Waals surface area contributed by atoms with Crippen molar-refractivity contribution in [1.29, 1.82) is 0 Å². The summed E-state index contributed by atoms with van der Waals surface area (Å²) in [6.07, 6.45) is 3.90. The Morgan fingerprint density at radius 3 is 2.71 bits per heavy atom. The highest BCUT2D eigenvalue weighted by Crippen LogP contribution is 2.29. The quantitative estimate of drug-likeness (QED) is 0.668. The molecule has 0 bridgehead atoms. The predicted molar refractivity (Wildman–Crippen MR) is 102 cm³/mol. The van der Waals surface area contributed by atoms with E-state index in [2.05, 4.69) is 15.3 Å². The molecule has 0 spiro atoms. The molecule has 0 unspecified atom stereocenters. The zero-order chi connectivity index (χ0) is 20.5. The van der Waals surface area contributed by atoms with Crippen molar-refractivity contribution in [3.05, 3.63) is 51.8 Å². The first-order chi connectivity index (χ1) is 13.2. The van der Waals surface area contributed by atoms with Crippen molar-refractivity contribution in [3.63, 3.8) is 0 Å². The van der Waals surface area contributed by atoms with E-state index in [0.29, 0.717) is 5.69 Å². The number of hydrogen-bond donors (Lipinski definition) is 2. The van der Waals surface area contributed by atoms with Gasteiger partial charge < -0.3 is 10.4 Å². The molecule has 0 amide bonds. The highest BCUT2D eigenvalue weighted by atomic mass is 35.5. The summed E-state index contributed by atoms with van der Waals surface area (Å²) in [5, 5.41) is 11.8. The molecule has 0 aliphatic carbocycles. The van der Waals surface area contributed by atoms with Crippen molar-refractivity contribution >= 4 is 33.4 Å². The summed E-state index contributed by atoms with van der Waals surface area (Å²) in [5.74, 6) is -1.65. The number of sulfonamides is 1.